The monoisotopic (exact) mass is 501 g/mol. The van der Waals surface area contributed by atoms with Gasteiger partial charge in [0.25, 0.3) is 5.91 Å². The molecule has 1 saturated carbocycles. The molecule has 2 fully saturated rings. The lowest BCUT2D eigenvalue weighted by Crippen LogP contribution is -2.37. The Labute approximate surface area is 221 Å². The summed E-state index contributed by atoms with van der Waals surface area (Å²) in [5, 5.41) is 16.0. The smallest absolute Gasteiger partial charge is 0.268 e. The molecule has 5 rings (SSSR count). The van der Waals surface area contributed by atoms with E-state index in [4.69, 9.17) is 0 Å². The number of benzene rings is 2. The Morgan fingerprint density at radius 3 is 2.24 bits per heavy atom. The average Bonchev–Trinajstić information content (AvgIpc) is 3.54. The van der Waals surface area contributed by atoms with Gasteiger partial charge in [0.1, 0.15) is 11.8 Å². The molecular formula is C32H43N3O2. The highest BCUT2D eigenvalue weighted by molar-refractivity contribution is 6.02. The van der Waals surface area contributed by atoms with Crippen LogP contribution in [0.3, 0.4) is 0 Å². The van der Waals surface area contributed by atoms with Crippen LogP contribution in [-0.2, 0) is 6.54 Å². The Hall–Kier alpha value is -2.63. The summed E-state index contributed by atoms with van der Waals surface area (Å²) in [5.74, 6) is -0.0358. The highest BCUT2D eigenvalue weighted by Crippen LogP contribution is 2.35. The van der Waals surface area contributed by atoms with E-state index in [1.807, 2.05) is 42.5 Å². The molecule has 2 N–H and O–H groups in total. The number of aryl methyl sites for hydroxylation is 1. The van der Waals surface area contributed by atoms with Gasteiger partial charge in [0.05, 0.1) is 0 Å². The minimum atomic E-state index is -0.852. The predicted molar refractivity (Wildman–Crippen MR) is 151 cm³/mol. The maximum absolute atomic E-state index is 14.0. The van der Waals surface area contributed by atoms with Crippen LogP contribution in [0.4, 0.5) is 0 Å². The lowest BCUT2D eigenvalue weighted by molar-refractivity contribution is 0.0915. The molecule has 0 radical (unpaired) electrons. The van der Waals surface area contributed by atoms with Crippen molar-refractivity contribution in [1.82, 2.24) is 14.8 Å². The lowest BCUT2D eigenvalue weighted by atomic mass is 9.95. The van der Waals surface area contributed by atoms with Crippen molar-refractivity contribution < 1.29 is 9.90 Å². The van der Waals surface area contributed by atoms with E-state index in [0.717, 1.165) is 60.8 Å². The van der Waals surface area contributed by atoms with Crippen molar-refractivity contribution in [2.45, 2.75) is 89.3 Å². The first kappa shape index (κ1) is 26.0. The molecule has 0 spiro atoms. The number of fused-ring (bicyclic) bond motifs is 1. The fourth-order valence-corrected chi connectivity index (χ4v) is 6.35. The number of hydrogen-bond donors (Lipinski definition) is 2. The first-order valence-corrected chi connectivity index (χ1v) is 14.6. The summed E-state index contributed by atoms with van der Waals surface area (Å²) in [6, 6.07) is 18.2. The van der Waals surface area contributed by atoms with Gasteiger partial charge in [-0.3, -0.25) is 4.79 Å². The van der Waals surface area contributed by atoms with Crippen LogP contribution in [0.1, 0.15) is 98.3 Å². The molecule has 37 heavy (non-hydrogen) atoms. The number of aliphatic hydroxyl groups is 1. The number of carbonyl (C=O) groups excluding carboxylic acids is 1. The van der Waals surface area contributed by atoms with Crippen LogP contribution >= 0.6 is 0 Å². The quantitative estimate of drug-likeness (QED) is 0.332. The Morgan fingerprint density at radius 2 is 1.49 bits per heavy atom. The number of unbranched alkanes of at least 4 members (excludes halogenated alkanes) is 1. The van der Waals surface area contributed by atoms with E-state index in [1.165, 1.54) is 58.0 Å². The molecule has 1 saturated heterocycles. The van der Waals surface area contributed by atoms with Crippen LogP contribution in [0.25, 0.3) is 10.9 Å². The van der Waals surface area contributed by atoms with Gasteiger partial charge in [0, 0.05) is 29.1 Å². The maximum Gasteiger partial charge on any atom is 0.268 e. The van der Waals surface area contributed by atoms with Crippen LogP contribution in [0, 0.1) is 0 Å². The first-order valence-electron chi connectivity index (χ1n) is 14.6. The number of rotatable bonds is 9. The lowest BCUT2D eigenvalue weighted by Gasteiger charge is -2.23. The zero-order chi connectivity index (χ0) is 25.5. The molecule has 1 atom stereocenters. The Balaban J connectivity index is 1.47. The number of aromatic nitrogens is 1. The topological polar surface area (TPSA) is 57.5 Å². The van der Waals surface area contributed by atoms with Gasteiger partial charge in [0.2, 0.25) is 0 Å². The molecule has 2 aromatic carbocycles. The van der Waals surface area contributed by atoms with Crippen LogP contribution in [-0.4, -0.2) is 46.2 Å². The standard InChI is InChI=1S/C32H43N3O2/c36-31(25-15-5-4-6-16-25)29-27-19-9-10-20-28(27)35(24-14-13-23-34-21-11-12-22-34)30(29)32(37)33-26-17-7-2-1-3-8-18-26/h4-6,9-10,15-16,19-20,26,31,36H,1-3,7-8,11-14,17-18,21-24H2,(H,33,37). The van der Waals surface area contributed by atoms with Crippen molar-refractivity contribution in [3.8, 4) is 0 Å². The normalized spacial score (nSPS) is 18.5. The Bertz CT molecular complexity index is 1140. The summed E-state index contributed by atoms with van der Waals surface area (Å²) in [7, 11) is 0. The molecule has 1 aliphatic carbocycles. The molecule has 1 amide bonds. The molecule has 198 valence electrons. The molecule has 3 aromatic rings. The number of carbonyl (C=O) groups is 1. The highest BCUT2D eigenvalue weighted by Gasteiger charge is 2.29. The van der Waals surface area contributed by atoms with Crippen molar-refractivity contribution >= 4 is 16.8 Å². The molecule has 2 aliphatic rings. The molecule has 5 heteroatoms. The second-order valence-electron chi connectivity index (χ2n) is 11.0. The Morgan fingerprint density at radius 1 is 0.838 bits per heavy atom. The molecule has 2 heterocycles. The van der Waals surface area contributed by atoms with Crippen molar-refractivity contribution in [2.24, 2.45) is 0 Å². The van der Waals surface area contributed by atoms with E-state index in [0.29, 0.717) is 5.69 Å². The fourth-order valence-electron chi connectivity index (χ4n) is 6.35. The van der Waals surface area contributed by atoms with Crippen LogP contribution in [0.2, 0.25) is 0 Å². The molecule has 1 aromatic heterocycles. The van der Waals surface area contributed by atoms with E-state index in [9.17, 15) is 9.90 Å². The largest absolute Gasteiger partial charge is 0.384 e. The van der Waals surface area contributed by atoms with Gasteiger partial charge in [-0.15, -0.1) is 0 Å². The number of aliphatic hydroxyl groups excluding tert-OH is 1. The molecule has 1 aliphatic heterocycles. The van der Waals surface area contributed by atoms with E-state index >= 15 is 0 Å². The minimum absolute atomic E-state index is 0.0358. The summed E-state index contributed by atoms with van der Waals surface area (Å²) in [6.07, 6.45) is 12.1. The number of likely N-dealkylation sites (tertiary alicyclic amines) is 1. The second-order valence-corrected chi connectivity index (χ2v) is 11.0. The maximum atomic E-state index is 14.0. The van der Waals surface area contributed by atoms with Crippen molar-refractivity contribution in [2.75, 3.05) is 19.6 Å². The van der Waals surface area contributed by atoms with Gasteiger partial charge in [-0.25, -0.2) is 0 Å². The third-order valence-corrected chi connectivity index (χ3v) is 8.36. The van der Waals surface area contributed by atoms with Crippen molar-refractivity contribution in [1.29, 1.82) is 0 Å². The zero-order valence-electron chi connectivity index (χ0n) is 22.2. The third-order valence-electron chi connectivity index (χ3n) is 8.36. The van der Waals surface area contributed by atoms with E-state index in [1.54, 1.807) is 0 Å². The van der Waals surface area contributed by atoms with Gasteiger partial charge in [-0.05, 0) is 69.8 Å². The first-order chi connectivity index (χ1) is 18.2. The number of nitrogens with zero attached hydrogens (tertiary/aromatic N) is 2. The summed E-state index contributed by atoms with van der Waals surface area (Å²) >= 11 is 0. The molecule has 0 bridgehead atoms. The number of hydrogen-bond acceptors (Lipinski definition) is 3. The summed E-state index contributed by atoms with van der Waals surface area (Å²) < 4.78 is 2.19. The molecule has 5 nitrogen and oxygen atoms in total. The van der Waals surface area contributed by atoms with Crippen molar-refractivity contribution in [3.05, 3.63) is 71.4 Å². The second kappa shape index (κ2) is 12.7. The number of para-hydroxylation sites is 1. The van der Waals surface area contributed by atoms with Gasteiger partial charge in [0.15, 0.2) is 0 Å². The third kappa shape index (κ3) is 6.27. The molecule has 1 unspecified atom stereocenters. The predicted octanol–water partition coefficient (Wildman–Crippen LogP) is 6.44. The summed E-state index contributed by atoms with van der Waals surface area (Å²) in [5.41, 5.74) is 3.24. The van der Waals surface area contributed by atoms with Gasteiger partial charge < -0.3 is 19.9 Å². The van der Waals surface area contributed by atoms with Crippen LogP contribution in [0.5, 0.6) is 0 Å². The van der Waals surface area contributed by atoms with Gasteiger partial charge in [-0.1, -0.05) is 80.6 Å². The molecular weight excluding hydrogens is 458 g/mol. The Kier molecular flexibility index (Phi) is 8.96. The van der Waals surface area contributed by atoms with Crippen LogP contribution in [0.15, 0.2) is 54.6 Å². The minimum Gasteiger partial charge on any atom is -0.384 e. The fraction of sp³-hybridized carbons (Fsp3) is 0.531. The zero-order valence-corrected chi connectivity index (χ0v) is 22.2. The van der Waals surface area contributed by atoms with Crippen molar-refractivity contribution in [3.63, 3.8) is 0 Å². The van der Waals surface area contributed by atoms with E-state index < -0.39 is 6.10 Å². The average molecular weight is 502 g/mol. The van der Waals surface area contributed by atoms with Gasteiger partial charge in [-0.2, -0.15) is 0 Å². The highest BCUT2D eigenvalue weighted by atomic mass is 16.3. The van der Waals surface area contributed by atoms with E-state index in [2.05, 4.69) is 26.9 Å². The number of amides is 1. The summed E-state index contributed by atoms with van der Waals surface area (Å²) in [6.45, 7) is 4.34. The number of nitrogens with one attached hydrogen (secondary N) is 1. The van der Waals surface area contributed by atoms with E-state index in [-0.39, 0.29) is 11.9 Å². The van der Waals surface area contributed by atoms with Gasteiger partial charge >= 0.3 is 0 Å². The van der Waals surface area contributed by atoms with Crippen LogP contribution < -0.4 is 5.32 Å². The summed E-state index contributed by atoms with van der Waals surface area (Å²) in [4.78, 5) is 16.6. The SMILES string of the molecule is O=C(NC1CCCCCCC1)c1c(C(O)c2ccccc2)c2ccccc2n1CCCCN1CCCC1.